The van der Waals surface area contributed by atoms with Crippen LogP contribution in [0.3, 0.4) is 0 Å². The Bertz CT molecular complexity index is 80.9. The summed E-state index contributed by atoms with van der Waals surface area (Å²) in [4.78, 5) is 0. The van der Waals surface area contributed by atoms with Crippen molar-refractivity contribution in [2.24, 2.45) is 0 Å². The van der Waals surface area contributed by atoms with Gasteiger partial charge in [0.2, 0.25) is 0 Å². The molecular weight excluding hydrogens is 114 g/mol. The number of nitrogens with one attached hydrogen (secondary N) is 1. The summed E-state index contributed by atoms with van der Waals surface area (Å²) < 4.78 is 5.53. The molecule has 54 valence electrons. The van der Waals surface area contributed by atoms with Crippen molar-refractivity contribution < 1.29 is 4.74 Å². The Morgan fingerprint density at radius 2 is 2.11 bits per heavy atom. The quantitative estimate of drug-likeness (QED) is 0.521. The highest BCUT2D eigenvalue weighted by molar-refractivity contribution is 4.72. The Hall–Kier alpha value is -0.0800. The summed E-state index contributed by atoms with van der Waals surface area (Å²) in [6, 6.07) is 0. The summed E-state index contributed by atoms with van der Waals surface area (Å²) in [6.45, 7) is 7.23. The minimum atomic E-state index is 0.101. The molecule has 0 spiro atoms. The van der Waals surface area contributed by atoms with Gasteiger partial charge in [-0.2, -0.15) is 0 Å². The Kier molecular flexibility index (Phi) is 2.09. The van der Waals surface area contributed by atoms with Gasteiger partial charge in [0.15, 0.2) is 0 Å². The number of hydrogen-bond acceptors (Lipinski definition) is 2. The first-order chi connectivity index (χ1) is 4.21. The van der Waals surface area contributed by atoms with Gasteiger partial charge in [-0.05, 0) is 26.8 Å². The van der Waals surface area contributed by atoms with Gasteiger partial charge in [0.1, 0.15) is 0 Å². The third-order valence-electron chi connectivity index (χ3n) is 1.68. The van der Waals surface area contributed by atoms with Crippen LogP contribution in [0.2, 0.25) is 0 Å². The molecule has 0 aliphatic carbocycles. The molecule has 2 nitrogen and oxygen atoms in total. The largest absolute Gasteiger partial charge is 0.374 e. The first-order valence-corrected chi connectivity index (χ1v) is 3.55. The molecule has 9 heavy (non-hydrogen) atoms. The predicted molar refractivity (Wildman–Crippen MR) is 37.5 cm³/mol. The molecule has 0 aromatic heterocycles. The van der Waals surface area contributed by atoms with Crippen LogP contribution >= 0.6 is 0 Å². The van der Waals surface area contributed by atoms with Gasteiger partial charge in [0.25, 0.3) is 0 Å². The summed E-state index contributed by atoms with van der Waals surface area (Å²) in [6.07, 6.45) is 1.12. The van der Waals surface area contributed by atoms with Gasteiger partial charge in [0.05, 0.1) is 12.2 Å². The first kappa shape index (κ1) is 7.03. The fraction of sp³-hybridized carbons (Fsp3) is 1.00. The lowest BCUT2D eigenvalue weighted by molar-refractivity contribution is -0.00782. The lowest BCUT2D eigenvalue weighted by Crippen LogP contribution is -2.24. The van der Waals surface area contributed by atoms with Crippen LogP contribution in [0.15, 0.2) is 0 Å². The summed E-state index contributed by atoms with van der Waals surface area (Å²) in [7, 11) is 0. The van der Waals surface area contributed by atoms with Crippen molar-refractivity contribution in [1.29, 1.82) is 0 Å². The van der Waals surface area contributed by atoms with Crippen LogP contribution in [0.1, 0.15) is 20.3 Å². The lowest BCUT2D eigenvalue weighted by Gasteiger charge is -2.21. The molecule has 0 radical (unpaired) electrons. The first-order valence-electron chi connectivity index (χ1n) is 3.55. The molecule has 1 N–H and O–H groups in total. The normalized spacial score (nSPS) is 27.3. The van der Waals surface area contributed by atoms with Crippen molar-refractivity contribution in [1.82, 2.24) is 5.32 Å². The van der Waals surface area contributed by atoms with E-state index >= 15 is 0 Å². The van der Waals surface area contributed by atoms with E-state index in [1.54, 1.807) is 0 Å². The van der Waals surface area contributed by atoms with E-state index in [1.807, 2.05) is 0 Å². The third kappa shape index (κ3) is 2.33. The van der Waals surface area contributed by atoms with Crippen molar-refractivity contribution in [2.75, 3.05) is 19.7 Å². The maximum atomic E-state index is 5.53. The van der Waals surface area contributed by atoms with E-state index < -0.39 is 0 Å². The maximum absolute atomic E-state index is 5.53. The van der Waals surface area contributed by atoms with Crippen LogP contribution in [0.5, 0.6) is 0 Å². The SMILES string of the molecule is CC1(C)CCNCCO1. The molecule has 0 unspecified atom stereocenters. The second-order valence-electron chi connectivity index (χ2n) is 3.11. The molecule has 0 aromatic rings. The van der Waals surface area contributed by atoms with Crippen molar-refractivity contribution in [3.8, 4) is 0 Å². The van der Waals surface area contributed by atoms with Crippen LogP contribution in [0, 0.1) is 0 Å². The van der Waals surface area contributed by atoms with E-state index in [2.05, 4.69) is 19.2 Å². The molecule has 0 bridgehead atoms. The summed E-state index contributed by atoms with van der Waals surface area (Å²) in [5.41, 5.74) is 0.101. The second-order valence-corrected chi connectivity index (χ2v) is 3.11. The van der Waals surface area contributed by atoms with E-state index in [0.29, 0.717) is 0 Å². The van der Waals surface area contributed by atoms with Gasteiger partial charge < -0.3 is 10.1 Å². The second kappa shape index (κ2) is 2.67. The fourth-order valence-corrected chi connectivity index (χ4v) is 0.986. The molecule has 0 atom stereocenters. The van der Waals surface area contributed by atoms with E-state index in [4.69, 9.17) is 4.74 Å². The van der Waals surface area contributed by atoms with Gasteiger partial charge in [-0.1, -0.05) is 0 Å². The molecule has 1 aliphatic heterocycles. The van der Waals surface area contributed by atoms with Gasteiger partial charge in [-0.25, -0.2) is 0 Å². The Labute approximate surface area is 56.6 Å². The molecule has 0 saturated carbocycles. The number of hydrogen-bond donors (Lipinski definition) is 1. The lowest BCUT2D eigenvalue weighted by atomic mass is 10.1. The predicted octanol–water partition coefficient (Wildman–Crippen LogP) is 0.775. The zero-order valence-electron chi connectivity index (χ0n) is 6.24. The molecule has 1 heterocycles. The number of rotatable bonds is 0. The van der Waals surface area contributed by atoms with Crippen molar-refractivity contribution in [2.45, 2.75) is 25.9 Å². The van der Waals surface area contributed by atoms with Gasteiger partial charge in [-0.3, -0.25) is 0 Å². The molecule has 0 amide bonds. The van der Waals surface area contributed by atoms with E-state index in [9.17, 15) is 0 Å². The Balaban J connectivity index is 2.36. The summed E-state index contributed by atoms with van der Waals surface area (Å²) in [5, 5.41) is 3.28. The smallest absolute Gasteiger partial charge is 0.0639 e. The van der Waals surface area contributed by atoms with E-state index in [1.165, 1.54) is 0 Å². The molecule has 1 aliphatic rings. The van der Waals surface area contributed by atoms with Crippen LogP contribution < -0.4 is 5.32 Å². The topological polar surface area (TPSA) is 21.3 Å². The zero-order valence-corrected chi connectivity index (χ0v) is 6.24. The minimum Gasteiger partial charge on any atom is -0.374 e. The maximum Gasteiger partial charge on any atom is 0.0639 e. The standard InChI is InChI=1S/C7H15NO/c1-7(2)3-4-8-5-6-9-7/h8H,3-6H2,1-2H3. The zero-order chi connectivity index (χ0) is 6.74. The minimum absolute atomic E-state index is 0.101. The highest BCUT2D eigenvalue weighted by Crippen LogP contribution is 2.14. The fourth-order valence-electron chi connectivity index (χ4n) is 0.986. The summed E-state index contributed by atoms with van der Waals surface area (Å²) >= 11 is 0. The number of ether oxygens (including phenoxy) is 1. The van der Waals surface area contributed by atoms with Crippen molar-refractivity contribution in [3.05, 3.63) is 0 Å². The van der Waals surface area contributed by atoms with Gasteiger partial charge in [0, 0.05) is 6.54 Å². The average molecular weight is 129 g/mol. The molecular formula is C7H15NO. The Morgan fingerprint density at radius 3 is 2.89 bits per heavy atom. The van der Waals surface area contributed by atoms with Gasteiger partial charge in [-0.15, -0.1) is 0 Å². The van der Waals surface area contributed by atoms with Crippen LogP contribution in [0.4, 0.5) is 0 Å². The monoisotopic (exact) mass is 129 g/mol. The van der Waals surface area contributed by atoms with Gasteiger partial charge >= 0.3 is 0 Å². The van der Waals surface area contributed by atoms with Crippen LogP contribution in [-0.2, 0) is 4.74 Å². The molecule has 0 aromatic carbocycles. The Morgan fingerprint density at radius 1 is 1.33 bits per heavy atom. The van der Waals surface area contributed by atoms with Crippen molar-refractivity contribution in [3.63, 3.8) is 0 Å². The summed E-state index contributed by atoms with van der Waals surface area (Å²) in [5.74, 6) is 0. The molecule has 1 fully saturated rings. The molecule has 1 rings (SSSR count). The van der Waals surface area contributed by atoms with E-state index in [0.717, 1.165) is 26.1 Å². The molecule has 2 heteroatoms. The van der Waals surface area contributed by atoms with Crippen molar-refractivity contribution >= 4 is 0 Å². The highest BCUT2D eigenvalue weighted by Gasteiger charge is 2.19. The molecule has 1 saturated heterocycles. The van der Waals surface area contributed by atoms with Crippen LogP contribution in [-0.4, -0.2) is 25.3 Å². The highest BCUT2D eigenvalue weighted by atomic mass is 16.5. The average Bonchev–Trinajstić information content (AvgIpc) is 1.92. The van der Waals surface area contributed by atoms with E-state index in [-0.39, 0.29) is 5.60 Å². The third-order valence-corrected chi connectivity index (χ3v) is 1.68. The van der Waals surface area contributed by atoms with Crippen LogP contribution in [0.25, 0.3) is 0 Å².